The molecule has 2 rings (SSSR count). The van der Waals surface area contributed by atoms with Crippen LogP contribution in [0.5, 0.6) is 0 Å². The molecule has 88 valence electrons. The number of hydrogen-bond donors (Lipinski definition) is 1. The van der Waals surface area contributed by atoms with Crippen LogP contribution in [-0.4, -0.2) is 30.4 Å². The molecule has 15 heavy (non-hydrogen) atoms. The van der Waals surface area contributed by atoms with Crippen molar-refractivity contribution in [3.63, 3.8) is 0 Å². The maximum absolute atomic E-state index is 10.9. The Kier molecular flexibility index (Phi) is 3.05. The molecular weight excluding hydrogens is 214 g/mol. The minimum absolute atomic E-state index is 0.388. The van der Waals surface area contributed by atoms with Gasteiger partial charge in [-0.3, -0.25) is 4.55 Å². The van der Waals surface area contributed by atoms with Crippen LogP contribution in [-0.2, 0) is 10.3 Å². The zero-order valence-electron chi connectivity index (χ0n) is 8.98. The van der Waals surface area contributed by atoms with Crippen molar-refractivity contribution in [2.24, 2.45) is 5.41 Å². The smallest absolute Gasteiger partial charge is 0.273 e. The summed E-state index contributed by atoms with van der Waals surface area (Å²) in [5, 5.41) is 0. The quantitative estimate of drug-likeness (QED) is 0.703. The molecule has 1 aliphatic heterocycles. The van der Waals surface area contributed by atoms with Crippen molar-refractivity contribution in [1.82, 2.24) is 4.31 Å². The molecule has 0 unspecified atom stereocenters. The van der Waals surface area contributed by atoms with E-state index >= 15 is 0 Å². The monoisotopic (exact) mass is 233 g/mol. The number of rotatable bonds is 1. The van der Waals surface area contributed by atoms with Crippen LogP contribution in [0.25, 0.3) is 0 Å². The lowest BCUT2D eigenvalue weighted by atomic mass is 9.68. The van der Waals surface area contributed by atoms with Gasteiger partial charge in [-0.15, -0.1) is 0 Å². The Bertz CT molecular complexity index is 310. The second-order valence-corrected chi connectivity index (χ2v) is 6.35. The lowest BCUT2D eigenvalue weighted by molar-refractivity contribution is 0.0987. The first-order valence-electron chi connectivity index (χ1n) is 5.75. The zero-order chi connectivity index (χ0) is 10.9. The maximum atomic E-state index is 10.9. The van der Waals surface area contributed by atoms with E-state index in [1.54, 1.807) is 0 Å². The second kappa shape index (κ2) is 4.03. The Morgan fingerprint density at radius 1 is 0.933 bits per heavy atom. The van der Waals surface area contributed by atoms with Gasteiger partial charge in [0.1, 0.15) is 0 Å². The molecule has 0 aromatic heterocycles. The van der Waals surface area contributed by atoms with Gasteiger partial charge in [-0.25, -0.2) is 0 Å². The number of hydrogen-bond acceptors (Lipinski definition) is 2. The van der Waals surface area contributed by atoms with Crippen LogP contribution in [0.4, 0.5) is 0 Å². The van der Waals surface area contributed by atoms with E-state index in [0.29, 0.717) is 18.5 Å². The average Bonchev–Trinajstić information content (AvgIpc) is 2.18. The summed E-state index contributed by atoms with van der Waals surface area (Å²) >= 11 is 0. The molecule has 1 aliphatic carbocycles. The van der Waals surface area contributed by atoms with Crippen LogP contribution in [0.2, 0.25) is 0 Å². The zero-order valence-corrected chi connectivity index (χ0v) is 9.80. The van der Waals surface area contributed by atoms with Crippen LogP contribution in [0.1, 0.15) is 44.9 Å². The fourth-order valence-corrected chi connectivity index (χ4v) is 3.64. The van der Waals surface area contributed by atoms with Gasteiger partial charge >= 0.3 is 10.3 Å². The number of piperidine rings is 1. The van der Waals surface area contributed by atoms with Gasteiger partial charge in [-0.1, -0.05) is 19.3 Å². The van der Waals surface area contributed by atoms with Crippen LogP contribution in [0, 0.1) is 5.41 Å². The summed E-state index contributed by atoms with van der Waals surface area (Å²) in [6.07, 6.45) is 8.22. The summed E-state index contributed by atoms with van der Waals surface area (Å²) in [5.74, 6) is 0. The van der Waals surface area contributed by atoms with Crippen molar-refractivity contribution in [2.75, 3.05) is 13.1 Å². The first-order valence-corrected chi connectivity index (χ1v) is 7.14. The van der Waals surface area contributed by atoms with Crippen molar-refractivity contribution in [3.05, 3.63) is 0 Å². The summed E-state index contributed by atoms with van der Waals surface area (Å²) in [5.41, 5.74) is 0.388. The third-order valence-corrected chi connectivity index (χ3v) is 5.04. The average molecular weight is 233 g/mol. The van der Waals surface area contributed by atoms with E-state index in [-0.39, 0.29) is 0 Å². The highest BCUT2D eigenvalue weighted by molar-refractivity contribution is 7.83. The minimum atomic E-state index is -3.95. The Morgan fingerprint density at radius 2 is 1.47 bits per heavy atom. The van der Waals surface area contributed by atoms with E-state index in [1.807, 2.05) is 0 Å². The molecule has 1 heterocycles. The topological polar surface area (TPSA) is 57.6 Å². The van der Waals surface area contributed by atoms with Crippen molar-refractivity contribution in [3.8, 4) is 0 Å². The van der Waals surface area contributed by atoms with Crippen molar-refractivity contribution in [1.29, 1.82) is 0 Å². The molecule has 4 nitrogen and oxygen atoms in total. The van der Waals surface area contributed by atoms with Crippen molar-refractivity contribution in [2.45, 2.75) is 44.9 Å². The molecule has 1 spiro atoms. The molecule has 0 aromatic carbocycles. The first-order chi connectivity index (χ1) is 7.02. The molecule has 5 heteroatoms. The molecular formula is C10H19NO3S. The highest BCUT2D eigenvalue weighted by atomic mass is 32.2. The molecule has 2 fully saturated rings. The summed E-state index contributed by atoms with van der Waals surface area (Å²) in [6, 6.07) is 0. The van der Waals surface area contributed by atoms with Gasteiger partial charge in [-0.05, 0) is 31.1 Å². The molecule has 0 aromatic rings. The Hall–Kier alpha value is -0.130. The van der Waals surface area contributed by atoms with E-state index in [2.05, 4.69) is 0 Å². The fraction of sp³-hybridized carbons (Fsp3) is 1.00. The summed E-state index contributed by atoms with van der Waals surface area (Å²) in [7, 11) is -3.95. The van der Waals surface area contributed by atoms with E-state index in [0.717, 1.165) is 12.8 Å². The van der Waals surface area contributed by atoms with Crippen LogP contribution in [0.15, 0.2) is 0 Å². The first kappa shape index (κ1) is 11.4. The SMILES string of the molecule is O=S(=O)(O)N1CCC2(CCCCC2)CC1. The normalized spacial score (nSPS) is 28.1. The lowest BCUT2D eigenvalue weighted by Gasteiger charge is -2.43. The van der Waals surface area contributed by atoms with Gasteiger partial charge in [0.25, 0.3) is 0 Å². The van der Waals surface area contributed by atoms with Crippen molar-refractivity contribution >= 4 is 10.3 Å². The Balaban J connectivity index is 1.96. The molecule has 1 saturated carbocycles. The molecule has 0 bridgehead atoms. The maximum Gasteiger partial charge on any atom is 0.335 e. The predicted molar refractivity (Wildman–Crippen MR) is 57.9 cm³/mol. The highest BCUT2D eigenvalue weighted by Gasteiger charge is 2.37. The van der Waals surface area contributed by atoms with Gasteiger partial charge < -0.3 is 0 Å². The molecule has 2 aliphatic rings. The van der Waals surface area contributed by atoms with E-state index in [1.165, 1.54) is 36.4 Å². The molecule has 1 N–H and O–H groups in total. The molecule has 0 amide bonds. The number of nitrogens with zero attached hydrogens (tertiary/aromatic N) is 1. The fourth-order valence-electron chi connectivity index (χ4n) is 2.99. The van der Waals surface area contributed by atoms with Crippen LogP contribution >= 0.6 is 0 Å². The van der Waals surface area contributed by atoms with Gasteiger partial charge in [-0.2, -0.15) is 12.7 Å². The molecule has 0 atom stereocenters. The molecule has 0 radical (unpaired) electrons. The second-order valence-electron chi connectivity index (χ2n) is 4.94. The summed E-state index contributed by atoms with van der Waals surface area (Å²) < 4.78 is 32.0. The van der Waals surface area contributed by atoms with Gasteiger partial charge in [0.15, 0.2) is 0 Å². The van der Waals surface area contributed by atoms with Crippen LogP contribution < -0.4 is 0 Å². The Morgan fingerprint density at radius 3 is 1.93 bits per heavy atom. The van der Waals surface area contributed by atoms with Gasteiger partial charge in [0, 0.05) is 13.1 Å². The minimum Gasteiger partial charge on any atom is -0.273 e. The summed E-state index contributed by atoms with van der Waals surface area (Å²) in [6.45, 7) is 0.998. The van der Waals surface area contributed by atoms with E-state index in [4.69, 9.17) is 4.55 Å². The highest BCUT2D eigenvalue weighted by Crippen LogP contribution is 2.44. The standard InChI is InChI=1S/C10H19NO3S/c12-15(13,14)11-8-6-10(7-9-11)4-2-1-3-5-10/h1-9H2,(H,12,13,14). The lowest BCUT2D eigenvalue weighted by Crippen LogP contribution is -2.43. The van der Waals surface area contributed by atoms with Gasteiger partial charge in [0.2, 0.25) is 0 Å². The third kappa shape index (κ3) is 2.52. The van der Waals surface area contributed by atoms with Gasteiger partial charge in [0.05, 0.1) is 0 Å². The van der Waals surface area contributed by atoms with E-state index in [9.17, 15) is 8.42 Å². The Labute approximate surface area is 91.5 Å². The predicted octanol–water partition coefficient (Wildman–Crippen LogP) is 1.84. The largest absolute Gasteiger partial charge is 0.335 e. The third-order valence-electron chi connectivity index (χ3n) is 4.02. The van der Waals surface area contributed by atoms with Crippen molar-refractivity contribution < 1.29 is 13.0 Å². The van der Waals surface area contributed by atoms with Crippen LogP contribution in [0.3, 0.4) is 0 Å². The molecule has 1 saturated heterocycles. The summed E-state index contributed by atoms with van der Waals surface area (Å²) in [4.78, 5) is 0. The van der Waals surface area contributed by atoms with E-state index < -0.39 is 10.3 Å².